The molecule has 6 heteroatoms. The second-order valence-corrected chi connectivity index (χ2v) is 5.60. The molecule has 2 N–H and O–H groups in total. The van der Waals surface area contributed by atoms with E-state index in [1.54, 1.807) is 6.07 Å². The van der Waals surface area contributed by atoms with Crippen molar-refractivity contribution in [3.63, 3.8) is 0 Å². The maximum absolute atomic E-state index is 12.1. The Morgan fingerprint density at radius 1 is 1.24 bits per heavy atom. The molecule has 0 spiro atoms. The van der Waals surface area contributed by atoms with Gasteiger partial charge in [0.2, 0.25) is 0 Å². The van der Waals surface area contributed by atoms with E-state index in [0.29, 0.717) is 12.8 Å². The number of para-hydroxylation sites is 1. The molecule has 0 heterocycles. The van der Waals surface area contributed by atoms with Crippen molar-refractivity contribution in [1.82, 2.24) is 5.32 Å². The molecule has 114 valence electrons. The Balaban J connectivity index is 2.03. The third kappa shape index (κ3) is 4.01. The number of aliphatic hydroxyl groups is 1. The van der Waals surface area contributed by atoms with E-state index >= 15 is 0 Å². The average molecular weight is 292 g/mol. The zero-order chi connectivity index (χ0) is 15.3. The van der Waals surface area contributed by atoms with Crippen molar-refractivity contribution in [3.8, 4) is 0 Å². The molecule has 1 aliphatic carbocycles. The number of nitrogens with zero attached hydrogens (tertiary/aromatic N) is 1. The summed E-state index contributed by atoms with van der Waals surface area (Å²) in [7, 11) is 0. The minimum Gasteiger partial charge on any atom is -0.388 e. The van der Waals surface area contributed by atoms with E-state index in [2.05, 4.69) is 5.32 Å². The van der Waals surface area contributed by atoms with Gasteiger partial charge in [0.1, 0.15) is 5.56 Å². The van der Waals surface area contributed by atoms with Crippen molar-refractivity contribution in [2.45, 2.75) is 44.1 Å². The molecule has 0 aromatic heterocycles. The van der Waals surface area contributed by atoms with Crippen LogP contribution in [0.3, 0.4) is 0 Å². The third-order valence-corrected chi connectivity index (χ3v) is 3.96. The molecule has 0 radical (unpaired) electrons. The summed E-state index contributed by atoms with van der Waals surface area (Å²) in [5.41, 5.74) is -1.09. The number of hydrogen-bond acceptors (Lipinski definition) is 4. The molecule has 1 saturated carbocycles. The van der Waals surface area contributed by atoms with E-state index in [0.717, 1.165) is 25.7 Å². The van der Waals surface area contributed by atoms with E-state index in [1.165, 1.54) is 18.2 Å². The summed E-state index contributed by atoms with van der Waals surface area (Å²) in [6.07, 6.45) is 5.39. The van der Waals surface area contributed by atoms with Gasteiger partial charge in [-0.05, 0) is 18.9 Å². The molecule has 0 bridgehead atoms. The van der Waals surface area contributed by atoms with Gasteiger partial charge in [-0.3, -0.25) is 14.9 Å². The number of amides is 1. The number of rotatable bonds is 4. The quantitative estimate of drug-likeness (QED) is 0.506. The SMILES string of the molecule is O=C(NCC1(O)CCCCCC1)c1ccccc1[N+](=O)[O-]. The van der Waals surface area contributed by atoms with Gasteiger partial charge in [0.05, 0.1) is 10.5 Å². The summed E-state index contributed by atoms with van der Waals surface area (Å²) in [5, 5.41) is 24.0. The molecule has 1 fully saturated rings. The van der Waals surface area contributed by atoms with Crippen LogP contribution in [0.25, 0.3) is 0 Å². The summed E-state index contributed by atoms with van der Waals surface area (Å²) < 4.78 is 0. The van der Waals surface area contributed by atoms with Crippen molar-refractivity contribution >= 4 is 11.6 Å². The highest BCUT2D eigenvalue weighted by Crippen LogP contribution is 2.26. The lowest BCUT2D eigenvalue weighted by Crippen LogP contribution is -2.42. The van der Waals surface area contributed by atoms with E-state index in [1.807, 2.05) is 0 Å². The Kier molecular flexibility index (Phi) is 4.90. The van der Waals surface area contributed by atoms with Crippen LogP contribution in [0.4, 0.5) is 5.69 Å². The molecule has 0 atom stereocenters. The van der Waals surface area contributed by atoms with Gasteiger partial charge in [-0.15, -0.1) is 0 Å². The van der Waals surface area contributed by atoms with Gasteiger partial charge in [-0.2, -0.15) is 0 Å². The highest BCUT2D eigenvalue weighted by molar-refractivity contribution is 5.98. The lowest BCUT2D eigenvalue weighted by atomic mass is 9.94. The second-order valence-electron chi connectivity index (χ2n) is 5.60. The molecule has 1 amide bonds. The summed E-state index contributed by atoms with van der Waals surface area (Å²) in [4.78, 5) is 22.5. The number of carbonyl (C=O) groups excluding carboxylic acids is 1. The predicted octanol–water partition coefficient (Wildman–Crippen LogP) is 2.41. The van der Waals surface area contributed by atoms with Crippen molar-refractivity contribution < 1.29 is 14.8 Å². The van der Waals surface area contributed by atoms with E-state index in [4.69, 9.17) is 0 Å². The van der Waals surface area contributed by atoms with Gasteiger partial charge in [-0.1, -0.05) is 37.8 Å². The van der Waals surface area contributed by atoms with Gasteiger partial charge < -0.3 is 10.4 Å². The van der Waals surface area contributed by atoms with Gasteiger partial charge in [0.25, 0.3) is 11.6 Å². The van der Waals surface area contributed by atoms with Crippen LogP contribution >= 0.6 is 0 Å². The van der Waals surface area contributed by atoms with Crippen LogP contribution in [0.2, 0.25) is 0 Å². The van der Waals surface area contributed by atoms with Crippen LogP contribution in [-0.2, 0) is 0 Å². The molecule has 1 aromatic rings. The van der Waals surface area contributed by atoms with Gasteiger partial charge >= 0.3 is 0 Å². The summed E-state index contributed by atoms with van der Waals surface area (Å²) in [6.45, 7) is 0.137. The first kappa shape index (κ1) is 15.4. The molecular formula is C15H20N2O4. The highest BCUT2D eigenvalue weighted by Gasteiger charge is 2.29. The van der Waals surface area contributed by atoms with Crippen LogP contribution in [0.15, 0.2) is 24.3 Å². The molecule has 0 aliphatic heterocycles. The molecule has 0 saturated heterocycles. The van der Waals surface area contributed by atoms with E-state index in [9.17, 15) is 20.0 Å². The maximum Gasteiger partial charge on any atom is 0.282 e. The predicted molar refractivity (Wildman–Crippen MR) is 78.1 cm³/mol. The molecule has 0 unspecified atom stereocenters. The minimum atomic E-state index is -0.893. The molecule has 21 heavy (non-hydrogen) atoms. The van der Waals surface area contributed by atoms with Crippen LogP contribution in [-0.4, -0.2) is 28.1 Å². The smallest absolute Gasteiger partial charge is 0.282 e. The van der Waals surface area contributed by atoms with Crippen molar-refractivity contribution in [1.29, 1.82) is 0 Å². The highest BCUT2D eigenvalue weighted by atomic mass is 16.6. The van der Waals surface area contributed by atoms with E-state index < -0.39 is 16.4 Å². The zero-order valence-electron chi connectivity index (χ0n) is 11.9. The van der Waals surface area contributed by atoms with Crippen LogP contribution in [0.1, 0.15) is 48.9 Å². The fraction of sp³-hybridized carbons (Fsp3) is 0.533. The third-order valence-electron chi connectivity index (χ3n) is 3.96. The van der Waals surface area contributed by atoms with Crippen LogP contribution in [0.5, 0.6) is 0 Å². The van der Waals surface area contributed by atoms with Gasteiger partial charge in [-0.25, -0.2) is 0 Å². The van der Waals surface area contributed by atoms with Crippen LogP contribution in [0, 0.1) is 10.1 Å². The monoisotopic (exact) mass is 292 g/mol. The molecular weight excluding hydrogens is 272 g/mol. The summed E-state index contributed by atoms with van der Waals surface area (Å²) in [6, 6.07) is 5.83. The second kappa shape index (κ2) is 6.67. The fourth-order valence-corrected chi connectivity index (χ4v) is 2.73. The number of nitro benzene ring substituents is 1. The Morgan fingerprint density at radius 2 is 1.86 bits per heavy atom. The summed E-state index contributed by atoms with van der Waals surface area (Å²) in [5.74, 6) is -0.514. The lowest BCUT2D eigenvalue weighted by molar-refractivity contribution is -0.385. The van der Waals surface area contributed by atoms with Crippen molar-refractivity contribution in [2.75, 3.05) is 6.54 Å². The molecule has 6 nitrogen and oxygen atoms in total. The normalized spacial score (nSPS) is 17.8. The van der Waals surface area contributed by atoms with E-state index in [-0.39, 0.29) is 17.8 Å². The molecule has 1 aromatic carbocycles. The lowest BCUT2D eigenvalue weighted by Gasteiger charge is -2.26. The Morgan fingerprint density at radius 3 is 2.48 bits per heavy atom. The molecule has 1 aliphatic rings. The number of benzene rings is 1. The first-order valence-corrected chi connectivity index (χ1v) is 7.26. The number of nitro groups is 1. The largest absolute Gasteiger partial charge is 0.388 e. The van der Waals surface area contributed by atoms with Crippen LogP contribution < -0.4 is 5.32 Å². The first-order chi connectivity index (χ1) is 10.0. The first-order valence-electron chi connectivity index (χ1n) is 7.26. The number of carbonyl (C=O) groups is 1. The minimum absolute atomic E-state index is 0.0275. The summed E-state index contributed by atoms with van der Waals surface area (Å²) >= 11 is 0. The van der Waals surface area contributed by atoms with Crippen molar-refractivity contribution in [2.24, 2.45) is 0 Å². The Hall–Kier alpha value is -1.95. The zero-order valence-corrected chi connectivity index (χ0v) is 11.9. The number of nitrogens with one attached hydrogen (secondary N) is 1. The van der Waals surface area contributed by atoms with Gasteiger partial charge in [0, 0.05) is 12.6 Å². The maximum atomic E-state index is 12.1. The number of hydrogen-bond donors (Lipinski definition) is 2. The molecule has 2 rings (SSSR count). The average Bonchev–Trinajstić information content (AvgIpc) is 2.70. The van der Waals surface area contributed by atoms with Gasteiger partial charge in [0.15, 0.2) is 0 Å². The topological polar surface area (TPSA) is 92.5 Å². The van der Waals surface area contributed by atoms with Crippen molar-refractivity contribution in [3.05, 3.63) is 39.9 Å². The Bertz CT molecular complexity index is 522. The fourth-order valence-electron chi connectivity index (χ4n) is 2.73. The standard InChI is InChI=1S/C15H20N2O4/c18-14(12-7-3-4-8-13(12)17(20)21)16-11-15(19)9-5-1-2-6-10-15/h3-4,7-8,19H,1-2,5-6,9-11H2,(H,16,18). The Labute approximate surface area is 123 Å².